The van der Waals surface area contributed by atoms with E-state index in [9.17, 15) is 4.79 Å². The van der Waals surface area contributed by atoms with Gasteiger partial charge >= 0.3 is 0 Å². The van der Waals surface area contributed by atoms with Gasteiger partial charge in [0, 0.05) is 30.5 Å². The van der Waals surface area contributed by atoms with Gasteiger partial charge in [0.15, 0.2) is 5.82 Å². The number of carbonyl (C=O) groups is 1. The number of amides is 1. The number of carbonyl (C=O) groups excluding carboxylic acids is 1. The Balaban J connectivity index is 1.76. The number of imidazole rings is 1. The van der Waals surface area contributed by atoms with Crippen molar-refractivity contribution in [2.24, 2.45) is 0 Å². The van der Waals surface area contributed by atoms with Crippen molar-refractivity contribution in [2.75, 3.05) is 18.9 Å². The number of nitrogens with zero attached hydrogens (tertiary/aromatic N) is 3. The van der Waals surface area contributed by atoms with E-state index >= 15 is 0 Å². The van der Waals surface area contributed by atoms with E-state index < -0.39 is 0 Å². The van der Waals surface area contributed by atoms with Crippen LogP contribution >= 0.6 is 0 Å². The zero-order valence-electron chi connectivity index (χ0n) is 17.6. The van der Waals surface area contributed by atoms with Crippen LogP contribution in [0.5, 0.6) is 0 Å². The van der Waals surface area contributed by atoms with E-state index in [1.54, 1.807) is 12.1 Å². The monoisotopic (exact) mass is 417 g/mol. The molecule has 31 heavy (non-hydrogen) atoms. The Bertz CT molecular complexity index is 1210. The third-order valence-corrected chi connectivity index (χ3v) is 5.40. The molecule has 0 radical (unpaired) electrons. The molecule has 0 saturated carbocycles. The van der Waals surface area contributed by atoms with Crippen molar-refractivity contribution in [3.8, 4) is 0 Å². The van der Waals surface area contributed by atoms with Crippen LogP contribution in [-0.4, -0.2) is 38.7 Å². The number of nitrogen functional groups attached to an aromatic ring is 1. The topological polar surface area (TPSA) is 106 Å². The maximum atomic E-state index is 12.1. The molecular weight excluding hydrogens is 390 g/mol. The minimum absolute atomic E-state index is 0.0794. The third kappa shape index (κ3) is 4.22. The number of fused-ring (bicyclic) bond motifs is 3. The molecule has 160 valence electrons. The molecule has 0 aliphatic rings. The maximum absolute atomic E-state index is 12.1. The Labute approximate surface area is 180 Å². The summed E-state index contributed by atoms with van der Waals surface area (Å²) in [4.78, 5) is 21.5. The Hall–Kier alpha value is -3.45. The zero-order chi connectivity index (χ0) is 21.8. The van der Waals surface area contributed by atoms with Crippen LogP contribution in [0.25, 0.3) is 21.9 Å². The van der Waals surface area contributed by atoms with Crippen molar-refractivity contribution in [1.82, 2.24) is 19.9 Å². The van der Waals surface area contributed by atoms with Gasteiger partial charge in [0.05, 0.1) is 17.6 Å². The fraction of sp³-hybridized carbons (Fsp3) is 0.292. The number of aromatic nitrogens is 3. The Kier molecular flexibility index (Phi) is 6.13. The average Bonchev–Trinajstić information content (AvgIpc) is 3.15. The quantitative estimate of drug-likeness (QED) is 0.408. The largest absolute Gasteiger partial charge is 0.395 e. The number of hydrogen-bond donors (Lipinski definition) is 3. The van der Waals surface area contributed by atoms with Crippen LogP contribution in [0.3, 0.4) is 0 Å². The standard InChI is InChI=1S/C24H27N5O2/c1-2-3-8-20-28-21-22(18-6-4-5-7-19(18)27-23(21)25)29(20)15-16-9-11-17(12-10-16)24(31)26-13-14-30/h4-7,9-12,30H,2-3,8,13-15H2,1H3,(H2,25,27)(H,26,31). The molecule has 4 aromatic rings. The molecule has 4 rings (SSSR count). The van der Waals surface area contributed by atoms with Gasteiger partial charge in [0.2, 0.25) is 0 Å². The number of rotatable bonds is 8. The van der Waals surface area contributed by atoms with E-state index in [-0.39, 0.29) is 19.1 Å². The first-order valence-corrected chi connectivity index (χ1v) is 10.6. The number of aliphatic hydroxyl groups excluding tert-OH is 1. The van der Waals surface area contributed by atoms with Crippen LogP contribution in [0.1, 0.15) is 41.5 Å². The van der Waals surface area contributed by atoms with Gasteiger partial charge in [-0.1, -0.05) is 43.7 Å². The predicted octanol–water partition coefficient (Wildman–Crippen LogP) is 3.28. The van der Waals surface area contributed by atoms with Crippen LogP contribution in [0.4, 0.5) is 5.82 Å². The van der Waals surface area contributed by atoms with E-state index in [4.69, 9.17) is 15.8 Å². The van der Waals surface area contributed by atoms with Gasteiger partial charge in [0.25, 0.3) is 5.91 Å². The van der Waals surface area contributed by atoms with Crippen molar-refractivity contribution >= 4 is 33.7 Å². The summed E-state index contributed by atoms with van der Waals surface area (Å²) in [6.45, 7) is 2.95. The summed E-state index contributed by atoms with van der Waals surface area (Å²) in [5, 5.41) is 12.6. The number of pyridine rings is 1. The molecule has 0 saturated heterocycles. The molecule has 0 bridgehead atoms. The molecule has 0 aliphatic heterocycles. The highest BCUT2D eigenvalue weighted by Crippen LogP contribution is 2.30. The van der Waals surface area contributed by atoms with Crippen molar-refractivity contribution in [3.05, 3.63) is 65.5 Å². The fourth-order valence-corrected chi connectivity index (χ4v) is 3.82. The van der Waals surface area contributed by atoms with Crippen LogP contribution in [-0.2, 0) is 13.0 Å². The molecule has 0 aliphatic carbocycles. The van der Waals surface area contributed by atoms with Gasteiger partial charge in [-0.05, 0) is 30.2 Å². The summed E-state index contributed by atoms with van der Waals surface area (Å²) in [6, 6.07) is 15.5. The van der Waals surface area contributed by atoms with Crippen molar-refractivity contribution in [2.45, 2.75) is 32.7 Å². The highest BCUT2D eigenvalue weighted by atomic mass is 16.3. The zero-order valence-corrected chi connectivity index (χ0v) is 17.6. The highest BCUT2D eigenvalue weighted by Gasteiger charge is 2.17. The number of nitrogens with one attached hydrogen (secondary N) is 1. The Morgan fingerprint density at radius 1 is 1.13 bits per heavy atom. The van der Waals surface area contributed by atoms with Crippen LogP contribution in [0.15, 0.2) is 48.5 Å². The molecule has 0 atom stereocenters. The number of para-hydroxylation sites is 1. The molecule has 7 heteroatoms. The van der Waals surface area contributed by atoms with E-state index in [1.165, 1.54) is 0 Å². The number of hydrogen-bond acceptors (Lipinski definition) is 5. The van der Waals surface area contributed by atoms with Crippen molar-refractivity contribution in [1.29, 1.82) is 0 Å². The second-order valence-electron chi connectivity index (χ2n) is 7.61. The Morgan fingerprint density at radius 2 is 1.90 bits per heavy atom. The molecule has 0 spiro atoms. The number of anilines is 1. The van der Waals surface area contributed by atoms with E-state index in [0.717, 1.165) is 52.6 Å². The molecule has 0 unspecified atom stereocenters. The SMILES string of the molecule is CCCCc1nc2c(N)nc3ccccc3c2n1Cc1ccc(C(=O)NCCO)cc1. The summed E-state index contributed by atoms with van der Waals surface area (Å²) < 4.78 is 2.23. The summed E-state index contributed by atoms with van der Waals surface area (Å²) in [7, 11) is 0. The molecule has 1 amide bonds. The molecule has 2 aromatic heterocycles. The second-order valence-corrected chi connectivity index (χ2v) is 7.61. The second kappa shape index (κ2) is 9.14. The normalized spacial score (nSPS) is 11.3. The number of aryl methyl sites for hydroxylation is 1. The fourth-order valence-electron chi connectivity index (χ4n) is 3.82. The van der Waals surface area contributed by atoms with E-state index in [0.29, 0.717) is 17.9 Å². The minimum Gasteiger partial charge on any atom is -0.395 e. The molecule has 7 nitrogen and oxygen atoms in total. The van der Waals surface area contributed by atoms with Gasteiger partial charge < -0.3 is 20.7 Å². The lowest BCUT2D eigenvalue weighted by Gasteiger charge is -2.12. The number of unbranched alkanes of at least 4 members (excludes halogenated alkanes) is 1. The lowest BCUT2D eigenvalue weighted by atomic mass is 10.1. The van der Waals surface area contributed by atoms with Crippen LogP contribution in [0, 0.1) is 0 Å². The average molecular weight is 418 g/mol. The Morgan fingerprint density at radius 3 is 2.65 bits per heavy atom. The van der Waals surface area contributed by atoms with Crippen LogP contribution < -0.4 is 11.1 Å². The lowest BCUT2D eigenvalue weighted by molar-refractivity contribution is 0.0945. The number of aliphatic hydroxyl groups is 1. The maximum Gasteiger partial charge on any atom is 0.251 e. The van der Waals surface area contributed by atoms with Gasteiger partial charge in [-0.2, -0.15) is 0 Å². The molecule has 4 N–H and O–H groups in total. The van der Waals surface area contributed by atoms with E-state index in [2.05, 4.69) is 27.9 Å². The van der Waals surface area contributed by atoms with E-state index in [1.807, 2.05) is 30.3 Å². The summed E-state index contributed by atoms with van der Waals surface area (Å²) >= 11 is 0. The van der Waals surface area contributed by atoms with Gasteiger partial charge in [-0.3, -0.25) is 4.79 Å². The van der Waals surface area contributed by atoms with Crippen molar-refractivity contribution < 1.29 is 9.90 Å². The smallest absolute Gasteiger partial charge is 0.251 e. The van der Waals surface area contributed by atoms with Crippen LogP contribution in [0.2, 0.25) is 0 Å². The number of nitrogens with two attached hydrogens (primary N) is 1. The highest BCUT2D eigenvalue weighted by molar-refractivity contribution is 6.06. The minimum atomic E-state index is -0.192. The summed E-state index contributed by atoms with van der Waals surface area (Å²) in [5.41, 5.74) is 10.5. The summed E-state index contributed by atoms with van der Waals surface area (Å²) in [5.74, 6) is 1.25. The van der Waals surface area contributed by atoms with Crippen molar-refractivity contribution in [3.63, 3.8) is 0 Å². The van der Waals surface area contributed by atoms with Gasteiger partial charge in [0.1, 0.15) is 11.3 Å². The van der Waals surface area contributed by atoms with Gasteiger partial charge in [-0.15, -0.1) is 0 Å². The number of benzene rings is 2. The third-order valence-electron chi connectivity index (χ3n) is 5.40. The molecule has 2 aromatic carbocycles. The first-order chi connectivity index (χ1) is 15.1. The predicted molar refractivity (Wildman–Crippen MR) is 123 cm³/mol. The first kappa shape index (κ1) is 20.8. The molecule has 0 fully saturated rings. The summed E-state index contributed by atoms with van der Waals surface area (Å²) in [6.07, 6.45) is 2.98. The molecule has 2 heterocycles. The van der Waals surface area contributed by atoms with Gasteiger partial charge in [-0.25, -0.2) is 9.97 Å². The first-order valence-electron chi connectivity index (χ1n) is 10.6. The molecular formula is C24H27N5O2. The lowest BCUT2D eigenvalue weighted by Crippen LogP contribution is -2.26.